The first-order chi connectivity index (χ1) is 18.7. The van der Waals surface area contributed by atoms with E-state index in [1.807, 2.05) is 36.4 Å². The summed E-state index contributed by atoms with van der Waals surface area (Å²) in [5.41, 5.74) is 10.3. The van der Waals surface area contributed by atoms with Crippen LogP contribution in [0, 0.1) is 11.3 Å². The third kappa shape index (κ3) is 6.69. The summed E-state index contributed by atoms with van der Waals surface area (Å²) in [5.74, 6) is 0.551. The molecule has 2 N–H and O–H groups in total. The minimum absolute atomic E-state index is 0.0226. The van der Waals surface area contributed by atoms with Crippen LogP contribution in [-0.2, 0) is 10.2 Å². The molecule has 4 rings (SSSR count). The Kier molecular flexibility index (Phi) is 8.41. The van der Waals surface area contributed by atoms with E-state index in [9.17, 15) is 10.1 Å². The average molecular weight is 523 g/mol. The zero-order valence-electron chi connectivity index (χ0n) is 22.9. The van der Waals surface area contributed by atoms with E-state index in [0.717, 1.165) is 35.3 Å². The molecule has 1 aliphatic rings. The predicted molar refractivity (Wildman–Crippen MR) is 152 cm³/mol. The molecule has 200 valence electrons. The van der Waals surface area contributed by atoms with E-state index in [2.05, 4.69) is 45.9 Å². The second kappa shape index (κ2) is 11.9. The minimum atomic E-state index is -0.514. The van der Waals surface area contributed by atoms with Crippen LogP contribution in [0.2, 0.25) is 0 Å². The van der Waals surface area contributed by atoms with Crippen molar-refractivity contribution in [3.05, 3.63) is 107 Å². The monoisotopic (exact) mass is 522 g/mol. The normalized spacial score (nSPS) is 14.9. The minimum Gasteiger partial charge on any atom is -0.494 e. The molecule has 3 aromatic carbocycles. The Morgan fingerprint density at radius 3 is 2.54 bits per heavy atom. The smallest absolute Gasteiger partial charge is 0.336 e. The average Bonchev–Trinajstić information content (AvgIpc) is 2.91. The Balaban J connectivity index is 1.53. The highest BCUT2D eigenvalue weighted by atomic mass is 16.5. The second-order valence-electron chi connectivity index (χ2n) is 10.5. The molecule has 39 heavy (non-hydrogen) atoms. The number of carbonyl (C=O) groups excluding carboxylic acids is 1. The third-order valence-electron chi connectivity index (χ3n) is 6.56. The quantitative estimate of drug-likeness (QED) is 0.148. The number of rotatable bonds is 8. The van der Waals surface area contributed by atoms with Gasteiger partial charge in [-0.15, -0.1) is 0 Å². The number of carbonyl (C=O) groups is 1. The van der Waals surface area contributed by atoms with Crippen molar-refractivity contribution >= 4 is 12.0 Å². The van der Waals surface area contributed by atoms with Gasteiger partial charge in [0.05, 0.1) is 12.5 Å². The van der Waals surface area contributed by atoms with Gasteiger partial charge in [-0.25, -0.2) is 4.79 Å². The molecule has 0 bridgehead atoms. The van der Waals surface area contributed by atoms with E-state index in [1.54, 1.807) is 24.3 Å². The van der Waals surface area contributed by atoms with Gasteiger partial charge in [-0.05, 0) is 52.8 Å². The summed E-state index contributed by atoms with van der Waals surface area (Å²) in [4.78, 5) is 12.5. The molecule has 6 nitrogen and oxygen atoms in total. The molecule has 3 aromatic rings. The third-order valence-corrected chi connectivity index (χ3v) is 6.56. The van der Waals surface area contributed by atoms with E-state index in [0.29, 0.717) is 23.7 Å². The lowest BCUT2D eigenvalue weighted by molar-refractivity contribution is -0.128. The van der Waals surface area contributed by atoms with Gasteiger partial charge in [0, 0.05) is 17.7 Å². The molecular formula is C33H34N2O4. The molecule has 1 atom stereocenters. The predicted octanol–water partition coefficient (Wildman–Crippen LogP) is 7.00. The molecule has 0 aliphatic carbocycles. The van der Waals surface area contributed by atoms with E-state index < -0.39 is 11.9 Å². The van der Waals surface area contributed by atoms with Gasteiger partial charge in [0.2, 0.25) is 5.88 Å². The number of nitriles is 1. The second-order valence-corrected chi connectivity index (χ2v) is 10.5. The van der Waals surface area contributed by atoms with Gasteiger partial charge in [-0.2, -0.15) is 5.26 Å². The SMILES string of the molecule is CCCCOc1cccc(C2C(C#N)=C(N)Oc3cc(OC(=O)/C=C/c4ccc(C(C)(C)C)cc4)ccc32)c1. The van der Waals surface area contributed by atoms with Crippen molar-refractivity contribution in [3.8, 4) is 23.3 Å². The molecule has 0 amide bonds. The fourth-order valence-corrected chi connectivity index (χ4v) is 4.37. The van der Waals surface area contributed by atoms with Gasteiger partial charge in [-0.3, -0.25) is 0 Å². The van der Waals surface area contributed by atoms with Crippen molar-refractivity contribution in [1.82, 2.24) is 0 Å². The summed E-state index contributed by atoms with van der Waals surface area (Å²) in [6.45, 7) is 9.21. The van der Waals surface area contributed by atoms with Gasteiger partial charge < -0.3 is 19.9 Å². The highest BCUT2D eigenvalue weighted by Crippen LogP contribution is 2.44. The molecular weight excluding hydrogens is 488 g/mol. The van der Waals surface area contributed by atoms with E-state index in [-0.39, 0.29) is 11.3 Å². The molecule has 1 heterocycles. The Labute approximate surface area is 230 Å². The van der Waals surface area contributed by atoms with Crippen LogP contribution in [0.1, 0.15) is 68.7 Å². The maximum absolute atomic E-state index is 12.5. The van der Waals surface area contributed by atoms with E-state index >= 15 is 0 Å². The lowest BCUT2D eigenvalue weighted by atomic mass is 9.83. The zero-order chi connectivity index (χ0) is 28.0. The van der Waals surface area contributed by atoms with Crippen molar-refractivity contribution in [2.24, 2.45) is 5.73 Å². The molecule has 0 aromatic heterocycles. The number of allylic oxidation sites excluding steroid dienone is 1. The van der Waals surface area contributed by atoms with Gasteiger partial charge in [-0.1, -0.05) is 76.6 Å². The van der Waals surface area contributed by atoms with Crippen molar-refractivity contribution in [2.75, 3.05) is 6.61 Å². The van der Waals surface area contributed by atoms with Crippen LogP contribution in [-0.4, -0.2) is 12.6 Å². The number of esters is 1. The molecule has 1 unspecified atom stereocenters. The zero-order valence-corrected chi connectivity index (χ0v) is 22.9. The van der Waals surface area contributed by atoms with Crippen LogP contribution in [0.25, 0.3) is 6.08 Å². The summed E-state index contributed by atoms with van der Waals surface area (Å²) >= 11 is 0. The lowest BCUT2D eigenvalue weighted by Crippen LogP contribution is -2.21. The molecule has 0 fully saturated rings. The summed E-state index contributed by atoms with van der Waals surface area (Å²) < 4.78 is 17.2. The maximum atomic E-state index is 12.5. The highest BCUT2D eigenvalue weighted by Gasteiger charge is 2.31. The van der Waals surface area contributed by atoms with Crippen LogP contribution >= 0.6 is 0 Å². The first-order valence-corrected chi connectivity index (χ1v) is 13.1. The van der Waals surface area contributed by atoms with Gasteiger partial charge in [0.1, 0.15) is 28.9 Å². The Bertz CT molecular complexity index is 1440. The number of unbranched alkanes of at least 4 members (excludes halogenated alkanes) is 1. The van der Waals surface area contributed by atoms with Crippen LogP contribution in [0.5, 0.6) is 17.2 Å². The van der Waals surface area contributed by atoms with Crippen molar-refractivity contribution in [1.29, 1.82) is 5.26 Å². The van der Waals surface area contributed by atoms with E-state index in [4.69, 9.17) is 19.9 Å². The number of ether oxygens (including phenoxy) is 3. The Hall–Kier alpha value is -4.50. The first-order valence-electron chi connectivity index (χ1n) is 13.1. The highest BCUT2D eigenvalue weighted by molar-refractivity contribution is 5.88. The van der Waals surface area contributed by atoms with Gasteiger partial charge in [0.25, 0.3) is 0 Å². The fraction of sp³-hybridized carbons (Fsp3) is 0.273. The van der Waals surface area contributed by atoms with Crippen LogP contribution in [0.3, 0.4) is 0 Å². The number of benzene rings is 3. The standard InChI is InChI=1S/C33H34N2O4/c1-5-6-18-37-25-9-7-8-23(19-25)31-27-16-15-26(20-29(27)39-32(35)28(31)21-34)38-30(36)17-12-22-10-13-24(14-11-22)33(2,3)4/h7-17,19-20,31H,5-6,18,35H2,1-4H3/b17-12+. The fourth-order valence-electron chi connectivity index (χ4n) is 4.37. The Morgan fingerprint density at radius 1 is 1.08 bits per heavy atom. The number of hydrogen-bond donors (Lipinski definition) is 1. The molecule has 6 heteroatoms. The van der Waals surface area contributed by atoms with Gasteiger partial charge >= 0.3 is 5.97 Å². The summed E-state index contributed by atoms with van der Waals surface area (Å²) in [7, 11) is 0. The molecule has 0 saturated carbocycles. The van der Waals surface area contributed by atoms with Crippen molar-refractivity contribution in [2.45, 2.75) is 51.9 Å². The van der Waals surface area contributed by atoms with Crippen LogP contribution in [0.15, 0.2) is 84.3 Å². The summed E-state index contributed by atoms with van der Waals surface area (Å²) in [6.07, 6.45) is 5.11. The Morgan fingerprint density at radius 2 is 1.85 bits per heavy atom. The largest absolute Gasteiger partial charge is 0.494 e. The summed E-state index contributed by atoms with van der Waals surface area (Å²) in [5, 5.41) is 9.87. The molecule has 1 aliphatic heterocycles. The summed E-state index contributed by atoms with van der Waals surface area (Å²) in [6, 6.07) is 23.0. The number of nitrogens with two attached hydrogens (primary N) is 1. The number of nitrogens with zero attached hydrogens (tertiary/aromatic N) is 1. The van der Waals surface area contributed by atoms with Gasteiger partial charge in [0.15, 0.2) is 0 Å². The maximum Gasteiger partial charge on any atom is 0.336 e. The van der Waals surface area contributed by atoms with Crippen LogP contribution < -0.4 is 19.9 Å². The topological polar surface area (TPSA) is 94.6 Å². The number of hydrogen-bond acceptors (Lipinski definition) is 6. The molecule has 0 radical (unpaired) electrons. The van der Waals surface area contributed by atoms with E-state index in [1.165, 1.54) is 11.6 Å². The first kappa shape index (κ1) is 27.5. The van der Waals surface area contributed by atoms with Crippen molar-refractivity contribution < 1.29 is 19.0 Å². The molecule has 0 spiro atoms. The lowest BCUT2D eigenvalue weighted by Gasteiger charge is -2.27. The van der Waals surface area contributed by atoms with Crippen molar-refractivity contribution in [3.63, 3.8) is 0 Å². The molecule has 0 saturated heterocycles. The number of fused-ring (bicyclic) bond motifs is 1. The van der Waals surface area contributed by atoms with Crippen LogP contribution in [0.4, 0.5) is 0 Å².